The van der Waals surface area contributed by atoms with Gasteiger partial charge in [0.2, 0.25) is 0 Å². The molecule has 0 bridgehead atoms. The van der Waals surface area contributed by atoms with Crippen molar-refractivity contribution in [1.29, 1.82) is 0 Å². The van der Waals surface area contributed by atoms with E-state index in [1.807, 2.05) is 17.7 Å². The minimum Gasteiger partial charge on any atom is -0.497 e. The fraction of sp³-hybridized carbons (Fsp3) is 0.375. The summed E-state index contributed by atoms with van der Waals surface area (Å²) < 4.78 is 7.05. The highest BCUT2D eigenvalue weighted by atomic mass is 16.5. The first kappa shape index (κ1) is 14.3. The van der Waals surface area contributed by atoms with Crippen LogP contribution in [0.4, 0.5) is 0 Å². The van der Waals surface area contributed by atoms with Crippen molar-refractivity contribution >= 4 is 5.78 Å². The minimum absolute atomic E-state index is 0.0764. The van der Waals surface area contributed by atoms with Crippen molar-refractivity contribution in [3.8, 4) is 5.75 Å². The number of hydrogen-bond donors (Lipinski definition) is 0. The molecule has 0 saturated heterocycles. The molecule has 0 spiro atoms. The van der Waals surface area contributed by atoms with Crippen LogP contribution in [0.1, 0.15) is 48.9 Å². The molecule has 0 aliphatic heterocycles. The third-order valence-corrected chi connectivity index (χ3v) is 3.39. The van der Waals surface area contributed by atoms with Crippen molar-refractivity contribution < 1.29 is 9.53 Å². The largest absolute Gasteiger partial charge is 0.497 e. The van der Waals surface area contributed by atoms with Crippen molar-refractivity contribution in [2.24, 2.45) is 0 Å². The highest BCUT2D eigenvalue weighted by molar-refractivity contribution is 5.98. The monoisotopic (exact) mass is 272 g/mol. The van der Waals surface area contributed by atoms with Crippen LogP contribution in [0.2, 0.25) is 0 Å². The van der Waals surface area contributed by atoms with E-state index in [1.165, 1.54) is 0 Å². The number of Topliss-reactive ketones (excluding diaryl/α,β-unsaturated/α-hetero) is 1. The van der Waals surface area contributed by atoms with Gasteiger partial charge in [0.05, 0.1) is 13.2 Å². The molecule has 4 heteroatoms. The second-order valence-electron chi connectivity index (χ2n) is 5.12. The zero-order chi connectivity index (χ0) is 14.7. The maximum absolute atomic E-state index is 12.5. The summed E-state index contributed by atoms with van der Waals surface area (Å²) in [5.74, 6) is 2.04. The first-order valence-electron chi connectivity index (χ1n) is 6.75. The number of hydrogen-bond acceptors (Lipinski definition) is 3. The van der Waals surface area contributed by atoms with Gasteiger partial charge in [0, 0.05) is 23.9 Å². The number of ether oxygens (including phenoxy) is 1. The van der Waals surface area contributed by atoms with Gasteiger partial charge in [-0.25, -0.2) is 4.98 Å². The summed E-state index contributed by atoms with van der Waals surface area (Å²) in [6.07, 6.45) is 3.61. The van der Waals surface area contributed by atoms with Crippen LogP contribution in [-0.4, -0.2) is 22.4 Å². The van der Waals surface area contributed by atoms with E-state index < -0.39 is 0 Å². The first-order chi connectivity index (χ1) is 9.54. The molecule has 1 heterocycles. The second kappa shape index (κ2) is 5.90. The molecule has 2 aromatic rings. The fourth-order valence-electron chi connectivity index (χ4n) is 2.22. The molecular formula is C16H20N2O2. The molecule has 1 aromatic heterocycles. The number of imidazole rings is 1. The van der Waals surface area contributed by atoms with Crippen LogP contribution >= 0.6 is 0 Å². The molecule has 1 atom stereocenters. The van der Waals surface area contributed by atoms with Crippen molar-refractivity contribution in [2.75, 3.05) is 7.11 Å². The zero-order valence-corrected chi connectivity index (χ0v) is 12.3. The summed E-state index contributed by atoms with van der Waals surface area (Å²) in [6, 6.07) is 6.94. The van der Waals surface area contributed by atoms with Crippen LogP contribution in [0, 0.1) is 0 Å². The normalized spacial score (nSPS) is 12.4. The van der Waals surface area contributed by atoms with E-state index in [1.54, 1.807) is 37.6 Å². The number of nitrogens with zero attached hydrogens (tertiary/aromatic N) is 2. The van der Waals surface area contributed by atoms with Gasteiger partial charge in [-0.05, 0) is 31.2 Å². The van der Waals surface area contributed by atoms with Gasteiger partial charge in [0.25, 0.3) is 0 Å². The Bertz CT molecular complexity index is 585. The van der Waals surface area contributed by atoms with Crippen LogP contribution in [0.5, 0.6) is 5.75 Å². The Balaban J connectivity index is 2.25. The summed E-state index contributed by atoms with van der Waals surface area (Å²) in [6.45, 7) is 6.05. The summed E-state index contributed by atoms with van der Waals surface area (Å²) in [5.41, 5.74) is 0.682. The highest BCUT2D eigenvalue weighted by Crippen LogP contribution is 2.21. The van der Waals surface area contributed by atoms with Crippen molar-refractivity contribution in [3.63, 3.8) is 0 Å². The lowest BCUT2D eigenvalue weighted by Gasteiger charge is -2.17. The lowest BCUT2D eigenvalue weighted by atomic mass is 10.0. The van der Waals surface area contributed by atoms with Gasteiger partial charge < -0.3 is 9.30 Å². The number of carbonyl (C=O) groups is 1. The van der Waals surface area contributed by atoms with Crippen LogP contribution < -0.4 is 4.74 Å². The number of rotatable bonds is 5. The van der Waals surface area contributed by atoms with Crippen LogP contribution in [0.3, 0.4) is 0 Å². The Labute approximate surface area is 119 Å². The molecule has 0 radical (unpaired) electrons. The molecule has 1 aromatic carbocycles. The number of benzene rings is 1. The van der Waals surface area contributed by atoms with E-state index in [-0.39, 0.29) is 17.7 Å². The number of carbonyl (C=O) groups excluding carboxylic acids is 1. The van der Waals surface area contributed by atoms with E-state index >= 15 is 0 Å². The van der Waals surface area contributed by atoms with Gasteiger partial charge in [-0.1, -0.05) is 13.8 Å². The van der Waals surface area contributed by atoms with Gasteiger partial charge in [-0.3, -0.25) is 4.79 Å². The van der Waals surface area contributed by atoms with Crippen molar-refractivity contribution in [1.82, 2.24) is 9.55 Å². The summed E-state index contributed by atoms with van der Waals surface area (Å²) in [4.78, 5) is 16.9. The second-order valence-corrected chi connectivity index (χ2v) is 5.12. The lowest BCUT2D eigenvalue weighted by molar-refractivity contribution is 0.0933. The van der Waals surface area contributed by atoms with E-state index in [2.05, 4.69) is 18.8 Å². The Morgan fingerprint density at radius 3 is 2.40 bits per heavy atom. The van der Waals surface area contributed by atoms with Crippen molar-refractivity contribution in [3.05, 3.63) is 48.0 Å². The number of ketones is 1. The molecule has 0 amide bonds. The highest BCUT2D eigenvalue weighted by Gasteiger charge is 2.20. The smallest absolute Gasteiger partial charge is 0.185 e. The molecule has 0 saturated carbocycles. The Morgan fingerprint density at radius 2 is 1.85 bits per heavy atom. The SMILES string of the molecule is COc1ccc(C(=O)C(C)n2ccnc2C(C)C)cc1. The Kier molecular flexibility index (Phi) is 4.23. The molecule has 0 N–H and O–H groups in total. The minimum atomic E-state index is -0.261. The topological polar surface area (TPSA) is 44.1 Å². The third-order valence-electron chi connectivity index (χ3n) is 3.39. The van der Waals surface area contributed by atoms with Gasteiger partial charge >= 0.3 is 0 Å². The Morgan fingerprint density at radius 1 is 1.20 bits per heavy atom. The molecule has 4 nitrogen and oxygen atoms in total. The number of aromatic nitrogens is 2. The van der Waals surface area contributed by atoms with Gasteiger partial charge in [0.15, 0.2) is 5.78 Å². The molecule has 20 heavy (non-hydrogen) atoms. The quantitative estimate of drug-likeness (QED) is 0.783. The summed E-state index contributed by atoms with van der Waals surface area (Å²) >= 11 is 0. The van der Waals surface area contributed by atoms with Gasteiger partial charge in [-0.2, -0.15) is 0 Å². The summed E-state index contributed by atoms with van der Waals surface area (Å²) in [7, 11) is 1.61. The molecule has 2 rings (SSSR count). The zero-order valence-electron chi connectivity index (χ0n) is 12.3. The molecule has 0 fully saturated rings. The maximum Gasteiger partial charge on any atom is 0.185 e. The Hall–Kier alpha value is -2.10. The maximum atomic E-state index is 12.5. The van der Waals surface area contributed by atoms with Gasteiger partial charge in [0.1, 0.15) is 11.6 Å². The fourth-order valence-corrected chi connectivity index (χ4v) is 2.22. The molecule has 106 valence electrons. The van der Waals surface area contributed by atoms with Gasteiger partial charge in [-0.15, -0.1) is 0 Å². The molecule has 0 aliphatic carbocycles. The predicted molar refractivity (Wildman–Crippen MR) is 78.4 cm³/mol. The van der Waals surface area contributed by atoms with E-state index in [0.29, 0.717) is 5.56 Å². The van der Waals surface area contributed by atoms with Crippen molar-refractivity contribution in [2.45, 2.75) is 32.7 Å². The average molecular weight is 272 g/mol. The lowest BCUT2D eigenvalue weighted by Crippen LogP contribution is -2.19. The third kappa shape index (κ3) is 2.74. The standard InChI is InChI=1S/C16H20N2O2/c1-11(2)16-17-9-10-18(16)12(3)15(19)13-5-7-14(20-4)8-6-13/h5-12H,1-4H3. The first-order valence-corrected chi connectivity index (χ1v) is 6.75. The van der Waals surface area contributed by atoms with Crippen LogP contribution in [0.25, 0.3) is 0 Å². The van der Waals surface area contributed by atoms with E-state index in [0.717, 1.165) is 11.6 Å². The average Bonchev–Trinajstić information content (AvgIpc) is 2.95. The van der Waals surface area contributed by atoms with E-state index in [9.17, 15) is 4.79 Å². The van der Waals surface area contributed by atoms with E-state index in [4.69, 9.17) is 4.74 Å². The molecule has 0 aliphatic rings. The predicted octanol–water partition coefficient (Wildman–Crippen LogP) is 3.46. The number of methoxy groups -OCH3 is 1. The molecular weight excluding hydrogens is 252 g/mol. The van der Waals surface area contributed by atoms with Crippen LogP contribution in [0.15, 0.2) is 36.7 Å². The van der Waals surface area contributed by atoms with Crippen LogP contribution in [-0.2, 0) is 0 Å². The molecule has 1 unspecified atom stereocenters. The summed E-state index contributed by atoms with van der Waals surface area (Å²) in [5, 5.41) is 0.